The highest BCUT2D eigenvalue weighted by Gasteiger charge is 2.13. The minimum absolute atomic E-state index is 0.144. The third kappa shape index (κ3) is 4.21. The molecule has 1 amide bonds. The Labute approximate surface area is 175 Å². The molecule has 2 heterocycles. The summed E-state index contributed by atoms with van der Waals surface area (Å²) in [6.07, 6.45) is 1.62. The number of carbonyl (C=O) groups is 1. The Morgan fingerprint density at radius 3 is 2.86 bits per heavy atom. The van der Waals surface area contributed by atoms with Crippen LogP contribution in [0.1, 0.15) is 11.3 Å². The lowest BCUT2D eigenvalue weighted by molar-refractivity contribution is -0.116. The summed E-state index contributed by atoms with van der Waals surface area (Å²) in [5, 5.41) is 4.51. The number of nitrogens with one attached hydrogen (secondary N) is 1. The van der Waals surface area contributed by atoms with Crippen molar-refractivity contribution in [2.45, 2.75) is 19.9 Å². The zero-order valence-corrected chi connectivity index (χ0v) is 17.1. The molecule has 0 saturated heterocycles. The number of para-hydroxylation sites is 1. The molecule has 4 rings (SSSR count). The van der Waals surface area contributed by atoms with Crippen LogP contribution in [0.15, 0.2) is 59.7 Å². The molecule has 29 heavy (non-hydrogen) atoms. The molecule has 0 aliphatic carbocycles. The molecule has 4 aromatic rings. The maximum absolute atomic E-state index is 12.5. The first-order valence-electron chi connectivity index (χ1n) is 8.98. The van der Waals surface area contributed by atoms with E-state index in [1.165, 1.54) is 22.2 Å². The van der Waals surface area contributed by atoms with Gasteiger partial charge >= 0.3 is 0 Å². The number of aromatic nitrogens is 3. The molecule has 0 atom stereocenters. The number of amides is 1. The van der Waals surface area contributed by atoms with Crippen molar-refractivity contribution in [3.05, 3.63) is 75.1 Å². The van der Waals surface area contributed by atoms with E-state index in [1.807, 2.05) is 31.2 Å². The van der Waals surface area contributed by atoms with E-state index in [2.05, 4.69) is 15.3 Å². The number of anilines is 1. The van der Waals surface area contributed by atoms with E-state index in [9.17, 15) is 9.59 Å². The van der Waals surface area contributed by atoms with Crippen LogP contribution in [0.25, 0.3) is 22.2 Å². The number of fused-ring (bicyclic) bond motifs is 1. The SMILES string of the molecule is Cc1sc(NC(=O)CCn2cnc3ccccc3c2=O)nc1-c1cccc(Cl)c1. The third-order valence-corrected chi connectivity index (χ3v) is 5.57. The van der Waals surface area contributed by atoms with Crippen molar-refractivity contribution < 1.29 is 4.79 Å². The van der Waals surface area contributed by atoms with Gasteiger partial charge in [0.15, 0.2) is 5.13 Å². The standard InChI is InChI=1S/C21H17ClN4O2S/c1-13-19(14-5-4-6-15(22)11-14)25-21(29-13)24-18(27)9-10-26-12-23-17-8-3-2-7-16(17)20(26)28/h2-8,11-12H,9-10H2,1H3,(H,24,25,27). The molecule has 0 unspecified atom stereocenters. The van der Waals surface area contributed by atoms with E-state index >= 15 is 0 Å². The molecule has 0 radical (unpaired) electrons. The maximum Gasteiger partial charge on any atom is 0.261 e. The predicted octanol–water partition coefficient (Wildman–Crippen LogP) is 4.51. The van der Waals surface area contributed by atoms with Gasteiger partial charge < -0.3 is 5.32 Å². The van der Waals surface area contributed by atoms with Crippen LogP contribution in [0.3, 0.4) is 0 Å². The van der Waals surface area contributed by atoms with Gasteiger partial charge in [-0.1, -0.05) is 35.9 Å². The van der Waals surface area contributed by atoms with Crippen LogP contribution in [0.5, 0.6) is 0 Å². The van der Waals surface area contributed by atoms with Crippen molar-refractivity contribution in [3.63, 3.8) is 0 Å². The molecule has 0 bridgehead atoms. The minimum Gasteiger partial charge on any atom is -0.302 e. The van der Waals surface area contributed by atoms with Crippen molar-refractivity contribution >= 4 is 44.9 Å². The van der Waals surface area contributed by atoms with E-state index in [0.717, 1.165) is 16.1 Å². The molecule has 1 N–H and O–H groups in total. The minimum atomic E-state index is -0.212. The van der Waals surface area contributed by atoms with E-state index < -0.39 is 0 Å². The summed E-state index contributed by atoms with van der Waals surface area (Å²) in [5.41, 5.74) is 2.19. The van der Waals surface area contributed by atoms with Crippen molar-refractivity contribution in [2.24, 2.45) is 0 Å². The number of benzene rings is 2. The van der Waals surface area contributed by atoms with E-state index in [4.69, 9.17) is 11.6 Å². The van der Waals surface area contributed by atoms with Crippen LogP contribution in [0.4, 0.5) is 5.13 Å². The van der Waals surface area contributed by atoms with Crippen LogP contribution in [0.2, 0.25) is 5.02 Å². The summed E-state index contributed by atoms with van der Waals surface area (Å²) in [6.45, 7) is 2.19. The molecule has 146 valence electrons. The number of hydrogen-bond acceptors (Lipinski definition) is 5. The fourth-order valence-electron chi connectivity index (χ4n) is 3.02. The molecular weight excluding hydrogens is 408 g/mol. The number of thiazole rings is 1. The number of halogens is 1. The lowest BCUT2D eigenvalue weighted by Crippen LogP contribution is -2.23. The molecule has 0 aliphatic rings. The number of hydrogen-bond donors (Lipinski definition) is 1. The molecule has 6 nitrogen and oxygen atoms in total. The average molecular weight is 425 g/mol. The topological polar surface area (TPSA) is 76.9 Å². The van der Waals surface area contributed by atoms with Gasteiger partial charge in [0.1, 0.15) is 0 Å². The third-order valence-electron chi connectivity index (χ3n) is 4.45. The summed E-state index contributed by atoms with van der Waals surface area (Å²) in [6, 6.07) is 14.6. The number of aryl methyl sites for hydroxylation is 2. The lowest BCUT2D eigenvalue weighted by atomic mass is 10.1. The van der Waals surface area contributed by atoms with E-state index in [1.54, 1.807) is 24.3 Å². The van der Waals surface area contributed by atoms with Gasteiger partial charge in [-0.15, -0.1) is 11.3 Å². The van der Waals surface area contributed by atoms with Gasteiger partial charge in [-0.05, 0) is 31.2 Å². The Bertz CT molecular complexity index is 1270. The smallest absolute Gasteiger partial charge is 0.261 e. The largest absolute Gasteiger partial charge is 0.302 e. The second-order valence-corrected chi connectivity index (χ2v) is 8.13. The van der Waals surface area contributed by atoms with Crippen LogP contribution in [-0.2, 0) is 11.3 Å². The molecule has 0 fully saturated rings. The summed E-state index contributed by atoms with van der Waals surface area (Å²) < 4.78 is 1.45. The molecule has 0 spiro atoms. The average Bonchev–Trinajstić information content (AvgIpc) is 3.07. The van der Waals surface area contributed by atoms with Crippen molar-refractivity contribution in [1.29, 1.82) is 0 Å². The van der Waals surface area contributed by atoms with Crippen molar-refractivity contribution in [2.75, 3.05) is 5.32 Å². The fraction of sp³-hybridized carbons (Fsp3) is 0.143. The Kier molecular flexibility index (Phi) is 5.42. The summed E-state index contributed by atoms with van der Waals surface area (Å²) in [4.78, 5) is 34.6. The first kappa shape index (κ1) is 19.3. The molecule has 8 heteroatoms. The van der Waals surface area contributed by atoms with Crippen molar-refractivity contribution in [1.82, 2.24) is 14.5 Å². The Balaban J connectivity index is 1.45. The summed E-state index contributed by atoms with van der Waals surface area (Å²) in [5.74, 6) is -0.212. The first-order valence-corrected chi connectivity index (χ1v) is 10.2. The Morgan fingerprint density at radius 2 is 2.03 bits per heavy atom. The normalized spacial score (nSPS) is 11.0. The second kappa shape index (κ2) is 8.14. The maximum atomic E-state index is 12.5. The molecule has 2 aromatic heterocycles. The van der Waals surface area contributed by atoms with Gasteiger partial charge in [-0.2, -0.15) is 0 Å². The van der Waals surface area contributed by atoms with Gasteiger partial charge in [-0.25, -0.2) is 9.97 Å². The monoisotopic (exact) mass is 424 g/mol. The van der Waals surface area contributed by atoms with Gasteiger partial charge in [0.25, 0.3) is 5.56 Å². The van der Waals surface area contributed by atoms with Gasteiger partial charge in [0.05, 0.1) is 22.9 Å². The Morgan fingerprint density at radius 1 is 1.21 bits per heavy atom. The molecular formula is C21H17ClN4O2S. The van der Waals surface area contributed by atoms with Crippen molar-refractivity contribution in [3.8, 4) is 11.3 Å². The first-order chi connectivity index (χ1) is 14.0. The van der Waals surface area contributed by atoms with Gasteiger partial charge in [0.2, 0.25) is 5.91 Å². The fourth-order valence-corrected chi connectivity index (χ4v) is 4.06. The van der Waals surface area contributed by atoms with Crippen LogP contribution < -0.4 is 10.9 Å². The van der Waals surface area contributed by atoms with Crippen LogP contribution in [-0.4, -0.2) is 20.4 Å². The molecule has 0 saturated carbocycles. The zero-order chi connectivity index (χ0) is 20.4. The number of rotatable bonds is 5. The number of nitrogens with zero attached hydrogens (tertiary/aromatic N) is 3. The van der Waals surface area contributed by atoms with E-state index in [0.29, 0.717) is 21.1 Å². The van der Waals surface area contributed by atoms with E-state index in [-0.39, 0.29) is 24.4 Å². The second-order valence-electron chi connectivity index (χ2n) is 6.49. The summed E-state index contributed by atoms with van der Waals surface area (Å²) >= 11 is 7.46. The summed E-state index contributed by atoms with van der Waals surface area (Å²) in [7, 11) is 0. The predicted molar refractivity (Wildman–Crippen MR) is 117 cm³/mol. The quantitative estimate of drug-likeness (QED) is 0.511. The Hall–Kier alpha value is -3.03. The molecule has 2 aromatic carbocycles. The number of carbonyl (C=O) groups excluding carboxylic acids is 1. The highest BCUT2D eigenvalue weighted by Crippen LogP contribution is 2.31. The van der Waals surface area contributed by atoms with Crippen LogP contribution in [0, 0.1) is 6.92 Å². The highest BCUT2D eigenvalue weighted by atomic mass is 35.5. The zero-order valence-electron chi connectivity index (χ0n) is 15.6. The highest BCUT2D eigenvalue weighted by molar-refractivity contribution is 7.16. The molecule has 0 aliphatic heterocycles. The van der Waals surface area contributed by atoms with Gasteiger partial charge in [-0.3, -0.25) is 14.2 Å². The van der Waals surface area contributed by atoms with Crippen LogP contribution >= 0.6 is 22.9 Å². The lowest BCUT2D eigenvalue weighted by Gasteiger charge is -2.06. The van der Waals surface area contributed by atoms with Gasteiger partial charge in [0, 0.05) is 28.4 Å².